The number of hydrogen-bond acceptors (Lipinski definition) is 0. The van der Waals surface area contributed by atoms with Crippen LogP contribution in [0.5, 0.6) is 0 Å². The maximum Gasteiger partial charge on any atom is 0.392 e. The standard InChI is InChI=1S/C10H8ClF3/c11-7-3-1-6(2-4-7)8-5-9(8)10(12,13)14/h1-4,8-9H,5H2/t8-,9+/m1/s1. The van der Waals surface area contributed by atoms with Gasteiger partial charge in [-0.3, -0.25) is 0 Å². The van der Waals surface area contributed by atoms with Gasteiger partial charge >= 0.3 is 6.18 Å². The van der Waals surface area contributed by atoms with Crippen molar-refractivity contribution in [3.05, 3.63) is 34.9 Å². The molecule has 0 aliphatic heterocycles. The molecule has 0 N–H and O–H groups in total. The highest BCUT2D eigenvalue weighted by Crippen LogP contribution is 2.56. The Labute approximate surface area is 84.7 Å². The number of halogens is 4. The van der Waals surface area contributed by atoms with E-state index in [0.717, 1.165) is 5.56 Å². The quantitative estimate of drug-likeness (QED) is 0.671. The fourth-order valence-electron chi connectivity index (χ4n) is 1.64. The van der Waals surface area contributed by atoms with E-state index in [1.165, 1.54) is 0 Å². The van der Waals surface area contributed by atoms with Crippen molar-refractivity contribution < 1.29 is 13.2 Å². The van der Waals surface area contributed by atoms with Gasteiger partial charge in [0.2, 0.25) is 0 Å². The van der Waals surface area contributed by atoms with Crippen LogP contribution in [0.2, 0.25) is 5.02 Å². The average Bonchev–Trinajstić information content (AvgIpc) is 2.83. The minimum absolute atomic E-state index is 0.213. The van der Waals surface area contributed by atoms with E-state index in [0.29, 0.717) is 5.02 Å². The Balaban J connectivity index is 2.10. The monoisotopic (exact) mass is 220 g/mol. The van der Waals surface area contributed by atoms with Crippen LogP contribution < -0.4 is 0 Å². The summed E-state index contributed by atoms with van der Waals surface area (Å²) in [5, 5.41) is 0.554. The Morgan fingerprint density at radius 2 is 1.71 bits per heavy atom. The number of hydrogen-bond donors (Lipinski definition) is 0. The highest BCUT2D eigenvalue weighted by molar-refractivity contribution is 6.30. The van der Waals surface area contributed by atoms with E-state index in [2.05, 4.69) is 0 Å². The summed E-state index contributed by atoms with van der Waals surface area (Å²) < 4.78 is 36.7. The van der Waals surface area contributed by atoms with Gasteiger partial charge in [-0.15, -0.1) is 0 Å². The Kier molecular flexibility index (Phi) is 2.22. The lowest BCUT2D eigenvalue weighted by Crippen LogP contribution is -2.11. The zero-order chi connectivity index (χ0) is 10.3. The van der Waals surface area contributed by atoms with Gasteiger partial charge in [0, 0.05) is 5.02 Å². The molecule has 2 rings (SSSR count). The fourth-order valence-corrected chi connectivity index (χ4v) is 1.76. The molecule has 0 aromatic heterocycles. The summed E-state index contributed by atoms with van der Waals surface area (Å²) in [4.78, 5) is 0. The summed E-state index contributed by atoms with van der Waals surface area (Å²) in [6.07, 6.45) is -3.84. The first-order chi connectivity index (χ1) is 6.48. The van der Waals surface area contributed by atoms with Crippen LogP contribution >= 0.6 is 11.6 Å². The first kappa shape index (κ1) is 9.84. The zero-order valence-corrected chi connectivity index (χ0v) is 7.94. The van der Waals surface area contributed by atoms with Gasteiger partial charge in [-0.05, 0) is 30.0 Å². The van der Waals surface area contributed by atoms with Gasteiger partial charge in [-0.25, -0.2) is 0 Å². The van der Waals surface area contributed by atoms with Crippen molar-refractivity contribution in [1.29, 1.82) is 0 Å². The van der Waals surface area contributed by atoms with Crippen molar-refractivity contribution in [3.8, 4) is 0 Å². The summed E-state index contributed by atoms with van der Waals surface area (Å²) in [5.41, 5.74) is 0.733. The molecule has 2 atom stereocenters. The Bertz CT molecular complexity index is 328. The summed E-state index contributed by atoms with van der Waals surface area (Å²) >= 11 is 5.64. The van der Waals surface area contributed by atoms with E-state index in [9.17, 15) is 13.2 Å². The second kappa shape index (κ2) is 3.16. The molecule has 1 saturated carbocycles. The van der Waals surface area contributed by atoms with Gasteiger partial charge in [-0.1, -0.05) is 23.7 Å². The van der Waals surface area contributed by atoms with E-state index in [-0.39, 0.29) is 12.3 Å². The molecule has 1 aromatic rings. The van der Waals surface area contributed by atoms with E-state index in [4.69, 9.17) is 11.6 Å². The molecule has 0 amide bonds. The fraction of sp³-hybridized carbons (Fsp3) is 0.400. The summed E-state index contributed by atoms with van der Waals surface area (Å²) in [6.45, 7) is 0. The molecule has 0 saturated heterocycles. The van der Waals surface area contributed by atoms with Crippen LogP contribution in [0.3, 0.4) is 0 Å². The molecule has 0 heterocycles. The average molecular weight is 221 g/mol. The maximum atomic E-state index is 12.2. The van der Waals surface area contributed by atoms with Crippen LogP contribution in [0.1, 0.15) is 17.9 Å². The van der Waals surface area contributed by atoms with Crippen LogP contribution in [-0.4, -0.2) is 6.18 Å². The van der Waals surface area contributed by atoms with Crippen LogP contribution in [0.4, 0.5) is 13.2 Å². The molecule has 1 aliphatic rings. The lowest BCUT2D eigenvalue weighted by Gasteiger charge is -2.05. The predicted molar refractivity (Wildman–Crippen MR) is 48.4 cm³/mol. The van der Waals surface area contributed by atoms with Gasteiger partial charge in [0.15, 0.2) is 0 Å². The van der Waals surface area contributed by atoms with E-state index in [1.807, 2.05) is 0 Å². The molecular formula is C10H8ClF3. The van der Waals surface area contributed by atoms with Crippen molar-refractivity contribution >= 4 is 11.6 Å². The summed E-state index contributed by atoms with van der Waals surface area (Å²) in [7, 11) is 0. The second-order valence-corrected chi connectivity index (χ2v) is 3.98. The van der Waals surface area contributed by atoms with E-state index < -0.39 is 12.1 Å². The lowest BCUT2D eigenvalue weighted by molar-refractivity contribution is -0.148. The number of rotatable bonds is 1. The third-order valence-electron chi connectivity index (χ3n) is 2.51. The van der Waals surface area contributed by atoms with Crippen LogP contribution in [0.15, 0.2) is 24.3 Å². The molecule has 0 nitrogen and oxygen atoms in total. The molecule has 4 heteroatoms. The van der Waals surface area contributed by atoms with E-state index >= 15 is 0 Å². The largest absolute Gasteiger partial charge is 0.392 e. The van der Waals surface area contributed by atoms with Crippen molar-refractivity contribution in [2.24, 2.45) is 5.92 Å². The minimum Gasteiger partial charge on any atom is -0.171 e. The molecule has 76 valence electrons. The first-order valence-corrected chi connectivity index (χ1v) is 4.68. The molecule has 1 aliphatic carbocycles. The SMILES string of the molecule is FC(F)(F)[C@H]1C[C@@H]1c1ccc(Cl)cc1. The maximum absolute atomic E-state index is 12.2. The molecule has 0 spiro atoms. The van der Waals surface area contributed by atoms with Crippen molar-refractivity contribution in [3.63, 3.8) is 0 Å². The van der Waals surface area contributed by atoms with Gasteiger partial charge in [0.25, 0.3) is 0 Å². The number of alkyl halides is 3. The molecule has 1 aromatic carbocycles. The highest BCUT2D eigenvalue weighted by atomic mass is 35.5. The van der Waals surface area contributed by atoms with Gasteiger partial charge in [0.1, 0.15) is 0 Å². The molecule has 14 heavy (non-hydrogen) atoms. The zero-order valence-electron chi connectivity index (χ0n) is 7.18. The predicted octanol–water partition coefficient (Wildman–Crippen LogP) is 4.01. The summed E-state index contributed by atoms with van der Waals surface area (Å²) in [5.74, 6) is -1.50. The first-order valence-electron chi connectivity index (χ1n) is 4.30. The van der Waals surface area contributed by atoms with Crippen LogP contribution in [-0.2, 0) is 0 Å². The second-order valence-electron chi connectivity index (χ2n) is 3.54. The molecule has 0 unspecified atom stereocenters. The van der Waals surface area contributed by atoms with Gasteiger partial charge in [0.05, 0.1) is 5.92 Å². The lowest BCUT2D eigenvalue weighted by atomic mass is 10.1. The summed E-state index contributed by atoms with van der Waals surface area (Å²) in [6, 6.07) is 6.59. The number of benzene rings is 1. The van der Waals surface area contributed by atoms with Gasteiger partial charge < -0.3 is 0 Å². The third kappa shape index (κ3) is 1.87. The normalized spacial score (nSPS) is 26.3. The molecule has 0 radical (unpaired) electrons. The molecular weight excluding hydrogens is 213 g/mol. The Hall–Kier alpha value is -0.700. The van der Waals surface area contributed by atoms with Crippen molar-refractivity contribution in [2.45, 2.75) is 18.5 Å². The van der Waals surface area contributed by atoms with E-state index in [1.54, 1.807) is 24.3 Å². The highest BCUT2D eigenvalue weighted by Gasteiger charge is 2.55. The van der Waals surface area contributed by atoms with Crippen LogP contribution in [0.25, 0.3) is 0 Å². The van der Waals surface area contributed by atoms with Crippen LogP contribution in [0, 0.1) is 5.92 Å². The third-order valence-corrected chi connectivity index (χ3v) is 2.76. The Morgan fingerprint density at radius 1 is 1.14 bits per heavy atom. The van der Waals surface area contributed by atoms with Gasteiger partial charge in [-0.2, -0.15) is 13.2 Å². The smallest absolute Gasteiger partial charge is 0.171 e. The molecule has 1 fully saturated rings. The van der Waals surface area contributed by atoms with Crippen molar-refractivity contribution in [2.75, 3.05) is 0 Å². The van der Waals surface area contributed by atoms with Crippen molar-refractivity contribution in [1.82, 2.24) is 0 Å². The minimum atomic E-state index is -4.05. The topological polar surface area (TPSA) is 0 Å². The Morgan fingerprint density at radius 3 is 2.14 bits per heavy atom. The molecule has 0 bridgehead atoms.